The lowest BCUT2D eigenvalue weighted by Crippen LogP contribution is -2.26. The van der Waals surface area contributed by atoms with Crippen molar-refractivity contribution >= 4 is 0 Å². The Hall–Kier alpha value is -1.16. The fourth-order valence-corrected chi connectivity index (χ4v) is 1.29. The molecule has 0 radical (unpaired) electrons. The van der Waals surface area contributed by atoms with Gasteiger partial charge in [0.2, 0.25) is 0 Å². The van der Waals surface area contributed by atoms with E-state index in [0.717, 1.165) is 31.0 Å². The van der Waals surface area contributed by atoms with Crippen molar-refractivity contribution in [3.05, 3.63) is 29.8 Å². The first-order valence-corrected chi connectivity index (χ1v) is 4.99. The van der Waals surface area contributed by atoms with Crippen LogP contribution in [-0.2, 0) is 0 Å². The molecule has 0 aliphatic carbocycles. The first-order chi connectivity index (χ1) is 7.17. The molecule has 0 saturated carbocycles. The molecule has 0 aliphatic heterocycles. The molecule has 1 aromatic carbocycles. The number of benzene rings is 1. The molecule has 0 aliphatic rings. The standard InChI is InChI=1S/C11H15F2NO/c1-2-3-9(7-14)15-11-6-8(12)4-5-10(11)13/h4-6,9H,2-3,7,14H2,1H3. The molecule has 0 fully saturated rings. The maximum atomic E-state index is 13.2. The average Bonchev–Trinajstić information content (AvgIpc) is 2.22. The number of hydrogen-bond acceptors (Lipinski definition) is 2. The molecule has 2 N–H and O–H groups in total. The van der Waals surface area contributed by atoms with Crippen molar-refractivity contribution in [2.75, 3.05) is 6.54 Å². The molecule has 0 spiro atoms. The molecule has 0 aromatic heterocycles. The molecule has 0 amide bonds. The molecule has 1 rings (SSSR count). The molecule has 0 heterocycles. The third-order valence-corrected chi connectivity index (χ3v) is 2.06. The minimum Gasteiger partial charge on any atom is -0.486 e. The predicted molar refractivity (Wildman–Crippen MR) is 54.7 cm³/mol. The van der Waals surface area contributed by atoms with Gasteiger partial charge in [0.15, 0.2) is 11.6 Å². The third kappa shape index (κ3) is 3.47. The lowest BCUT2D eigenvalue weighted by atomic mass is 10.2. The SMILES string of the molecule is CCCC(CN)Oc1cc(F)ccc1F. The Labute approximate surface area is 88.0 Å². The molecule has 2 nitrogen and oxygen atoms in total. The number of halogens is 2. The van der Waals surface area contributed by atoms with E-state index in [0.29, 0.717) is 6.54 Å². The Kier molecular flexibility index (Phi) is 4.49. The van der Waals surface area contributed by atoms with Crippen LogP contribution in [0.15, 0.2) is 18.2 Å². The van der Waals surface area contributed by atoms with Gasteiger partial charge < -0.3 is 10.5 Å². The van der Waals surface area contributed by atoms with Crippen molar-refractivity contribution in [3.63, 3.8) is 0 Å². The summed E-state index contributed by atoms with van der Waals surface area (Å²) in [4.78, 5) is 0. The monoisotopic (exact) mass is 215 g/mol. The minimum atomic E-state index is -0.564. The molecule has 4 heteroatoms. The van der Waals surface area contributed by atoms with E-state index < -0.39 is 11.6 Å². The molecule has 1 aromatic rings. The zero-order chi connectivity index (χ0) is 11.3. The van der Waals surface area contributed by atoms with Crippen LogP contribution < -0.4 is 10.5 Å². The van der Waals surface area contributed by atoms with Gasteiger partial charge >= 0.3 is 0 Å². The second-order valence-electron chi connectivity index (χ2n) is 3.34. The van der Waals surface area contributed by atoms with Crippen LogP contribution >= 0.6 is 0 Å². The molecular formula is C11H15F2NO. The lowest BCUT2D eigenvalue weighted by Gasteiger charge is -2.16. The quantitative estimate of drug-likeness (QED) is 0.818. The molecular weight excluding hydrogens is 200 g/mol. The zero-order valence-corrected chi connectivity index (χ0v) is 8.67. The second kappa shape index (κ2) is 5.66. The maximum Gasteiger partial charge on any atom is 0.165 e. The van der Waals surface area contributed by atoms with Gasteiger partial charge in [0.1, 0.15) is 11.9 Å². The summed E-state index contributed by atoms with van der Waals surface area (Å²) in [6.45, 7) is 2.28. The highest BCUT2D eigenvalue weighted by atomic mass is 19.1. The highest BCUT2D eigenvalue weighted by Gasteiger charge is 2.11. The van der Waals surface area contributed by atoms with Crippen molar-refractivity contribution in [1.82, 2.24) is 0 Å². The van der Waals surface area contributed by atoms with Crippen LogP contribution in [0.3, 0.4) is 0 Å². The van der Waals surface area contributed by atoms with Gasteiger partial charge in [-0.25, -0.2) is 8.78 Å². The van der Waals surface area contributed by atoms with E-state index in [4.69, 9.17) is 10.5 Å². The number of hydrogen-bond donors (Lipinski definition) is 1. The summed E-state index contributed by atoms with van der Waals surface area (Å²) in [5, 5.41) is 0. The summed E-state index contributed by atoms with van der Waals surface area (Å²) < 4.78 is 31.3. The summed E-state index contributed by atoms with van der Waals surface area (Å²) in [6, 6.07) is 3.14. The Balaban J connectivity index is 2.73. The van der Waals surface area contributed by atoms with Crippen molar-refractivity contribution in [1.29, 1.82) is 0 Å². The highest BCUT2D eigenvalue weighted by molar-refractivity contribution is 5.25. The van der Waals surface area contributed by atoms with E-state index in [-0.39, 0.29) is 11.9 Å². The molecule has 1 unspecified atom stereocenters. The molecule has 15 heavy (non-hydrogen) atoms. The fourth-order valence-electron chi connectivity index (χ4n) is 1.29. The average molecular weight is 215 g/mol. The molecule has 1 atom stereocenters. The van der Waals surface area contributed by atoms with Gasteiger partial charge in [-0.15, -0.1) is 0 Å². The summed E-state index contributed by atoms with van der Waals surface area (Å²) in [6.07, 6.45) is 1.36. The van der Waals surface area contributed by atoms with Crippen LogP contribution in [0.1, 0.15) is 19.8 Å². The third-order valence-electron chi connectivity index (χ3n) is 2.06. The first kappa shape index (κ1) is 11.9. The summed E-state index contributed by atoms with van der Waals surface area (Å²) in [7, 11) is 0. The van der Waals surface area contributed by atoms with Gasteiger partial charge in [0.25, 0.3) is 0 Å². The number of ether oxygens (including phenoxy) is 1. The van der Waals surface area contributed by atoms with Crippen LogP contribution in [0.4, 0.5) is 8.78 Å². The summed E-state index contributed by atoms with van der Waals surface area (Å²) in [5.74, 6) is -1.15. The van der Waals surface area contributed by atoms with Gasteiger partial charge in [-0.2, -0.15) is 0 Å². The highest BCUT2D eigenvalue weighted by Crippen LogP contribution is 2.20. The van der Waals surface area contributed by atoms with Gasteiger partial charge in [0, 0.05) is 12.6 Å². The van der Waals surface area contributed by atoms with Crippen molar-refractivity contribution in [3.8, 4) is 5.75 Å². The maximum absolute atomic E-state index is 13.2. The van der Waals surface area contributed by atoms with E-state index in [1.807, 2.05) is 6.92 Å². The van der Waals surface area contributed by atoms with E-state index in [2.05, 4.69) is 0 Å². The number of nitrogens with two attached hydrogens (primary N) is 1. The normalized spacial score (nSPS) is 12.5. The summed E-state index contributed by atoms with van der Waals surface area (Å²) in [5.41, 5.74) is 5.45. The zero-order valence-electron chi connectivity index (χ0n) is 8.67. The Morgan fingerprint density at radius 3 is 2.73 bits per heavy atom. The molecule has 84 valence electrons. The van der Waals surface area contributed by atoms with E-state index in [9.17, 15) is 8.78 Å². The Morgan fingerprint density at radius 1 is 1.40 bits per heavy atom. The van der Waals surface area contributed by atoms with Gasteiger partial charge in [-0.1, -0.05) is 13.3 Å². The summed E-state index contributed by atoms with van der Waals surface area (Å²) >= 11 is 0. The number of rotatable bonds is 5. The topological polar surface area (TPSA) is 35.2 Å². The van der Waals surface area contributed by atoms with Gasteiger partial charge in [-0.05, 0) is 18.6 Å². The van der Waals surface area contributed by atoms with Crippen LogP contribution in [-0.4, -0.2) is 12.6 Å². The second-order valence-corrected chi connectivity index (χ2v) is 3.34. The Morgan fingerprint density at radius 2 is 2.13 bits per heavy atom. The van der Waals surface area contributed by atoms with Crippen molar-refractivity contribution in [2.45, 2.75) is 25.9 Å². The van der Waals surface area contributed by atoms with E-state index in [1.54, 1.807) is 0 Å². The smallest absolute Gasteiger partial charge is 0.165 e. The van der Waals surface area contributed by atoms with E-state index >= 15 is 0 Å². The largest absolute Gasteiger partial charge is 0.486 e. The van der Waals surface area contributed by atoms with Gasteiger partial charge in [-0.3, -0.25) is 0 Å². The van der Waals surface area contributed by atoms with Crippen LogP contribution in [0.25, 0.3) is 0 Å². The van der Waals surface area contributed by atoms with Crippen LogP contribution in [0.2, 0.25) is 0 Å². The van der Waals surface area contributed by atoms with Gasteiger partial charge in [0.05, 0.1) is 0 Å². The molecule has 0 bridgehead atoms. The first-order valence-electron chi connectivity index (χ1n) is 4.99. The molecule has 0 saturated heterocycles. The Bertz CT molecular complexity index is 317. The van der Waals surface area contributed by atoms with Crippen molar-refractivity contribution in [2.24, 2.45) is 5.73 Å². The lowest BCUT2D eigenvalue weighted by molar-refractivity contribution is 0.188. The van der Waals surface area contributed by atoms with Crippen molar-refractivity contribution < 1.29 is 13.5 Å². The fraction of sp³-hybridized carbons (Fsp3) is 0.455. The van der Waals surface area contributed by atoms with Crippen LogP contribution in [0.5, 0.6) is 5.75 Å². The predicted octanol–water partition coefficient (Wildman–Crippen LogP) is 2.47. The van der Waals surface area contributed by atoms with E-state index in [1.165, 1.54) is 0 Å². The minimum absolute atomic E-state index is 0.0705. The van der Waals surface area contributed by atoms with Crippen LogP contribution in [0, 0.1) is 11.6 Å².